The lowest BCUT2D eigenvalue weighted by molar-refractivity contribution is -0.137. The average Bonchev–Trinajstić information content (AvgIpc) is 3.26. The molecule has 0 aromatic rings. The summed E-state index contributed by atoms with van der Waals surface area (Å²) in [5.41, 5.74) is -0.671. The van der Waals surface area contributed by atoms with Gasteiger partial charge >= 0.3 is 6.03 Å². The highest BCUT2D eigenvalue weighted by molar-refractivity contribution is 6.07. The number of imide groups is 1. The maximum atomic E-state index is 14.9. The van der Waals surface area contributed by atoms with Crippen LogP contribution in [0.15, 0.2) is 0 Å². The maximum Gasteiger partial charge on any atom is 0.329 e. The van der Waals surface area contributed by atoms with Crippen molar-refractivity contribution in [2.45, 2.75) is 210 Å². The van der Waals surface area contributed by atoms with Crippen LogP contribution in [0.2, 0.25) is 0 Å². The Morgan fingerprint density at radius 1 is 0.558 bits per heavy atom. The van der Waals surface area contributed by atoms with Gasteiger partial charge < -0.3 is 0 Å². The molecule has 6 heteroatoms. The molecule has 0 radical (unpaired) electrons. The number of carbonyl (C=O) groups excluding carboxylic acids is 2. The SMILES string of the molecule is CCCCC1(CCCC)C(=O)N(CN(C2CCCCC2)C2CCCCC2)C(=O)N1CN(C1CCCCC1)C1CCCCC1. The lowest BCUT2D eigenvalue weighted by atomic mass is 9.85. The lowest BCUT2D eigenvalue weighted by Gasteiger charge is -2.46. The number of hydrogen-bond acceptors (Lipinski definition) is 4. The van der Waals surface area contributed by atoms with Crippen molar-refractivity contribution < 1.29 is 9.59 Å². The van der Waals surface area contributed by atoms with Crippen molar-refractivity contribution in [3.8, 4) is 0 Å². The van der Waals surface area contributed by atoms with Gasteiger partial charge in [-0.1, -0.05) is 117 Å². The molecule has 5 aliphatic rings. The zero-order valence-corrected chi connectivity index (χ0v) is 28.2. The Balaban J connectivity index is 1.46. The molecular weight excluding hydrogens is 532 g/mol. The van der Waals surface area contributed by atoms with Gasteiger partial charge in [0, 0.05) is 24.2 Å². The Morgan fingerprint density at radius 3 is 1.26 bits per heavy atom. The van der Waals surface area contributed by atoms with Gasteiger partial charge in [0.2, 0.25) is 0 Å². The summed E-state index contributed by atoms with van der Waals surface area (Å²) in [7, 11) is 0. The minimum absolute atomic E-state index is 0.0328. The van der Waals surface area contributed by atoms with Crippen LogP contribution in [-0.4, -0.2) is 74.6 Å². The van der Waals surface area contributed by atoms with Gasteiger partial charge in [-0.05, 0) is 64.2 Å². The first-order chi connectivity index (χ1) is 21.1. The fraction of sp³-hybridized carbons (Fsp3) is 0.946. The van der Waals surface area contributed by atoms with Crippen LogP contribution in [-0.2, 0) is 4.79 Å². The molecule has 5 fully saturated rings. The molecule has 0 atom stereocenters. The van der Waals surface area contributed by atoms with Gasteiger partial charge in [0.05, 0.1) is 13.3 Å². The van der Waals surface area contributed by atoms with Crippen LogP contribution in [0.3, 0.4) is 0 Å². The molecular formula is C37H66N4O2. The van der Waals surface area contributed by atoms with E-state index in [2.05, 4.69) is 28.5 Å². The molecule has 246 valence electrons. The lowest BCUT2D eigenvalue weighted by Crippen LogP contribution is -2.57. The van der Waals surface area contributed by atoms with Crippen LogP contribution in [0.1, 0.15) is 181 Å². The third-order valence-corrected chi connectivity index (χ3v) is 12.3. The van der Waals surface area contributed by atoms with Gasteiger partial charge in [-0.2, -0.15) is 0 Å². The Bertz CT molecular complexity index is 811. The number of nitrogens with zero attached hydrogens (tertiary/aromatic N) is 4. The minimum Gasteiger partial charge on any atom is -0.296 e. The van der Waals surface area contributed by atoms with Crippen LogP contribution in [0.25, 0.3) is 0 Å². The summed E-state index contributed by atoms with van der Waals surface area (Å²) in [4.78, 5) is 39.1. The predicted molar refractivity (Wildman–Crippen MR) is 177 cm³/mol. The number of hydrogen-bond donors (Lipinski definition) is 0. The van der Waals surface area contributed by atoms with Crippen LogP contribution >= 0.6 is 0 Å². The van der Waals surface area contributed by atoms with Gasteiger partial charge in [0.25, 0.3) is 5.91 Å². The van der Waals surface area contributed by atoms with E-state index < -0.39 is 5.54 Å². The molecule has 43 heavy (non-hydrogen) atoms. The third kappa shape index (κ3) is 7.81. The summed E-state index contributed by atoms with van der Waals surface area (Å²) in [6.45, 7) is 5.66. The number of rotatable bonds is 14. The number of carbonyl (C=O) groups is 2. The van der Waals surface area contributed by atoms with Crippen molar-refractivity contribution in [3.05, 3.63) is 0 Å². The maximum absolute atomic E-state index is 14.9. The summed E-state index contributed by atoms with van der Waals surface area (Å²) in [5, 5.41) is 0. The fourth-order valence-corrected chi connectivity index (χ4v) is 9.69. The molecule has 0 bridgehead atoms. The van der Waals surface area contributed by atoms with Gasteiger partial charge in [-0.3, -0.25) is 19.5 Å². The molecule has 1 aliphatic heterocycles. The van der Waals surface area contributed by atoms with E-state index in [1.54, 1.807) is 4.90 Å². The van der Waals surface area contributed by atoms with E-state index in [1.807, 2.05) is 0 Å². The number of amides is 3. The number of unbranched alkanes of at least 4 members (excludes halogenated alkanes) is 2. The monoisotopic (exact) mass is 599 g/mol. The van der Waals surface area contributed by atoms with E-state index in [9.17, 15) is 9.59 Å². The average molecular weight is 599 g/mol. The van der Waals surface area contributed by atoms with Gasteiger partial charge in [-0.15, -0.1) is 0 Å². The van der Waals surface area contributed by atoms with E-state index in [-0.39, 0.29) is 11.9 Å². The molecule has 0 N–H and O–H groups in total. The van der Waals surface area contributed by atoms with Crippen molar-refractivity contribution >= 4 is 11.9 Å². The summed E-state index contributed by atoms with van der Waals surface area (Å²) >= 11 is 0. The largest absolute Gasteiger partial charge is 0.329 e. The van der Waals surface area contributed by atoms with E-state index in [0.29, 0.717) is 37.5 Å². The smallest absolute Gasteiger partial charge is 0.296 e. The highest BCUT2D eigenvalue weighted by Crippen LogP contribution is 2.41. The normalized spacial score (nSPS) is 25.5. The summed E-state index contributed by atoms with van der Waals surface area (Å²) in [6.07, 6.45) is 31.4. The van der Waals surface area contributed by atoms with Crippen molar-refractivity contribution in [3.63, 3.8) is 0 Å². The van der Waals surface area contributed by atoms with Gasteiger partial charge in [0.1, 0.15) is 5.54 Å². The Kier molecular flexibility index (Phi) is 12.7. The first-order valence-corrected chi connectivity index (χ1v) is 19.2. The van der Waals surface area contributed by atoms with Crippen LogP contribution < -0.4 is 0 Å². The molecule has 1 saturated heterocycles. The molecule has 1 heterocycles. The van der Waals surface area contributed by atoms with Crippen molar-refractivity contribution in [2.24, 2.45) is 0 Å². The van der Waals surface area contributed by atoms with E-state index >= 15 is 0 Å². The van der Waals surface area contributed by atoms with Gasteiger partial charge in [0.15, 0.2) is 0 Å². The van der Waals surface area contributed by atoms with Crippen LogP contribution in [0, 0.1) is 0 Å². The minimum atomic E-state index is -0.671. The summed E-state index contributed by atoms with van der Waals surface area (Å²) in [5.74, 6) is 0.142. The molecule has 4 aliphatic carbocycles. The van der Waals surface area contributed by atoms with Crippen LogP contribution in [0.5, 0.6) is 0 Å². The summed E-state index contributed by atoms with van der Waals surface area (Å²) < 4.78 is 0. The van der Waals surface area contributed by atoms with E-state index in [4.69, 9.17) is 0 Å². The molecule has 6 nitrogen and oxygen atoms in total. The standard InChI is InChI=1S/C37H66N4O2/c1-3-5-27-37(28-6-4-2)35(42)40(29-38(31-19-11-7-12-20-31)32-21-13-8-14-22-32)36(43)41(37)30-39(33-23-15-9-16-24-33)34-25-17-10-18-26-34/h31-34H,3-30H2,1-2H3. The predicted octanol–water partition coefficient (Wildman–Crippen LogP) is 9.22. The van der Waals surface area contributed by atoms with Crippen molar-refractivity contribution in [1.29, 1.82) is 0 Å². The van der Waals surface area contributed by atoms with Gasteiger partial charge in [-0.25, -0.2) is 9.69 Å². The first-order valence-electron chi connectivity index (χ1n) is 19.2. The second-order valence-corrected chi connectivity index (χ2v) is 15.2. The quantitative estimate of drug-likeness (QED) is 0.187. The van der Waals surface area contributed by atoms with Crippen molar-refractivity contribution in [2.75, 3.05) is 13.3 Å². The highest BCUT2D eigenvalue weighted by atomic mass is 16.2. The van der Waals surface area contributed by atoms with E-state index in [0.717, 1.165) is 38.5 Å². The molecule has 4 saturated carbocycles. The molecule has 0 aromatic carbocycles. The third-order valence-electron chi connectivity index (χ3n) is 12.3. The second kappa shape index (κ2) is 16.4. The Morgan fingerprint density at radius 2 is 0.907 bits per heavy atom. The Hall–Kier alpha value is -1.14. The molecule has 0 spiro atoms. The van der Waals surface area contributed by atoms with Crippen LogP contribution in [0.4, 0.5) is 4.79 Å². The number of urea groups is 1. The molecule has 0 aromatic heterocycles. The van der Waals surface area contributed by atoms with E-state index in [1.165, 1.54) is 128 Å². The Labute approximate surface area is 264 Å². The topological polar surface area (TPSA) is 47.1 Å². The zero-order chi connectivity index (χ0) is 30.1. The molecule has 5 rings (SSSR count). The zero-order valence-electron chi connectivity index (χ0n) is 28.2. The molecule has 3 amide bonds. The molecule has 0 unspecified atom stereocenters. The highest BCUT2D eigenvalue weighted by Gasteiger charge is 2.57. The van der Waals surface area contributed by atoms with Crippen molar-refractivity contribution in [1.82, 2.24) is 19.6 Å². The summed E-state index contributed by atoms with van der Waals surface area (Å²) in [6, 6.07) is 2.20. The first kappa shape index (κ1) is 33.2. The fourth-order valence-electron chi connectivity index (χ4n) is 9.69. The second-order valence-electron chi connectivity index (χ2n) is 15.2.